The van der Waals surface area contributed by atoms with Crippen LogP contribution >= 0.6 is 0 Å². The molecule has 0 aromatic rings. The molecule has 2 N–H and O–H groups in total. The van der Waals surface area contributed by atoms with Crippen molar-refractivity contribution in [2.45, 2.75) is 51.7 Å². The second-order valence-corrected chi connectivity index (χ2v) is 5.12. The molecule has 110 valence electrons. The van der Waals surface area contributed by atoms with E-state index in [2.05, 4.69) is 5.32 Å². The summed E-state index contributed by atoms with van der Waals surface area (Å²) >= 11 is 0. The highest BCUT2D eigenvalue weighted by Crippen LogP contribution is 2.13. The molecule has 0 aromatic heterocycles. The summed E-state index contributed by atoms with van der Waals surface area (Å²) in [6.45, 7) is 7.04. The van der Waals surface area contributed by atoms with E-state index in [9.17, 15) is 14.7 Å². The molecule has 0 radical (unpaired) electrons. The summed E-state index contributed by atoms with van der Waals surface area (Å²) in [5.74, 6) is -1.01. The van der Waals surface area contributed by atoms with Crippen LogP contribution in [0.2, 0.25) is 0 Å². The number of hydrogen-bond donors (Lipinski definition) is 2. The number of carbonyl (C=O) groups excluding carboxylic acids is 1. The van der Waals surface area contributed by atoms with Crippen LogP contribution in [-0.2, 0) is 9.53 Å². The summed E-state index contributed by atoms with van der Waals surface area (Å²) in [5.41, 5.74) is -1.22. The lowest BCUT2D eigenvalue weighted by Crippen LogP contribution is -2.56. The van der Waals surface area contributed by atoms with E-state index in [1.807, 2.05) is 6.92 Å². The number of carboxylic acids is 1. The first kappa shape index (κ1) is 15.8. The molecule has 6 heteroatoms. The normalized spacial score (nSPS) is 23.3. The molecule has 2 amide bonds. The fourth-order valence-corrected chi connectivity index (χ4v) is 1.93. The molecule has 1 heterocycles. The molecule has 6 nitrogen and oxygen atoms in total. The van der Waals surface area contributed by atoms with Crippen molar-refractivity contribution in [3.63, 3.8) is 0 Å². The Morgan fingerprint density at radius 1 is 1.47 bits per heavy atom. The van der Waals surface area contributed by atoms with Crippen molar-refractivity contribution in [3.05, 3.63) is 0 Å². The molecule has 1 saturated heterocycles. The van der Waals surface area contributed by atoms with Gasteiger partial charge in [0.25, 0.3) is 0 Å². The van der Waals surface area contributed by atoms with E-state index in [0.717, 1.165) is 12.8 Å². The van der Waals surface area contributed by atoms with Crippen LogP contribution < -0.4 is 5.32 Å². The lowest BCUT2D eigenvalue weighted by Gasteiger charge is -2.30. The number of ether oxygens (including phenoxy) is 1. The lowest BCUT2D eigenvalue weighted by molar-refractivity contribution is -0.143. The van der Waals surface area contributed by atoms with E-state index in [4.69, 9.17) is 4.74 Å². The third kappa shape index (κ3) is 4.09. The molecule has 0 aliphatic carbocycles. The topological polar surface area (TPSA) is 78.9 Å². The Labute approximate surface area is 114 Å². The molecule has 1 rings (SSSR count). The van der Waals surface area contributed by atoms with Crippen LogP contribution in [0, 0.1) is 0 Å². The Kier molecular flexibility index (Phi) is 5.60. The minimum absolute atomic E-state index is 0.0333. The van der Waals surface area contributed by atoms with Gasteiger partial charge < -0.3 is 20.1 Å². The van der Waals surface area contributed by atoms with Gasteiger partial charge in [-0.2, -0.15) is 0 Å². The summed E-state index contributed by atoms with van der Waals surface area (Å²) in [6.07, 6.45) is 1.99. The second kappa shape index (κ2) is 6.75. The van der Waals surface area contributed by atoms with E-state index in [-0.39, 0.29) is 12.1 Å². The van der Waals surface area contributed by atoms with E-state index in [1.54, 1.807) is 11.8 Å². The maximum Gasteiger partial charge on any atom is 0.329 e. The standard InChI is InChI=1S/C13H24N2O4/c1-4-10-9-15(7-6-8-19-10)12(18)14-13(3,5-2)11(16)17/h10H,4-9H2,1-3H3,(H,14,18)(H,16,17). The Hall–Kier alpha value is -1.30. The largest absolute Gasteiger partial charge is 0.480 e. The number of carbonyl (C=O) groups is 2. The Morgan fingerprint density at radius 3 is 2.68 bits per heavy atom. The van der Waals surface area contributed by atoms with Gasteiger partial charge in [-0.05, 0) is 26.2 Å². The van der Waals surface area contributed by atoms with Gasteiger partial charge in [-0.25, -0.2) is 9.59 Å². The van der Waals surface area contributed by atoms with E-state index < -0.39 is 11.5 Å². The molecular weight excluding hydrogens is 248 g/mol. The van der Waals surface area contributed by atoms with E-state index in [0.29, 0.717) is 26.1 Å². The summed E-state index contributed by atoms with van der Waals surface area (Å²) in [7, 11) is 0. The zero-order valence-electron chi connectivity index (χ0n) is 11.9. The molecule has 0 bridgehead atoms. The smallest absolute Gasteiger partial charge is 0.329 e. The van der Waals surface area contributed by atoms with E-state index in [1.165, 1.54) is 6.92 Å². The van der Waals surface area contributed by atoms with Gasteiger partial charge in [0.2, 0.25) is 0 Å². The van der Waals surface area contributed by atoms with Gasteiger partial charge in [-0.3, -0.25) is 0 Å². The minimum Gasteiger partial charge on any atom is -0.480 e. The number of rotatable bonds is 4. The molecule has 2 atom stereocenters. The van der Waals surface area contributed by atoms with Crippen molar-refractivity contribution in [1.29, 1.82) is 0 Å². The maximum atomic E-state index is 12.2. The highest BCUT2D eigenvalue weighted by atomic mass is 16.5. The van der Waals surface area contributed by atoms with Crippen LogP contribution in [0.25, 0.3) is 0 Å². The fourth-order valence-electron chi connectivity index (χ4n) is 1.93. The maximum absolute atomic E-state index is 12.2. The molecule has 19 heavy (non-hydrogen) atoms. The van der Waals surface area contributed by atoms with Crippen LogP contribution in [0.5, 0.6) is 0 Å². The van der Waals surface area contributed by atoms with Crippen molar-refractivity contribution < 1.29 is 19.4 Å². The lowest BCUT2D eigenvalue weighted by atomic mass is 10.00. The van der Waals surface area contributed by atoms with Crippen LogP contribution in [0.15, 0.2) is 0 Å². The Morgan fingerprint density at radius 2 is 2.16 bits per heavy atom. The molecule has 1 aliphatic heterocycles. The Bertz CT molecular complexity index is 335. The molecule has 0 spiro atoms. The predicted octanol–water partition coefficient (Wildman–Crippen LogP) is 1.45. The van der Waals surface area contributed by atoms with Crippen LogP contribution in [0.4, 0.5) is 4.79 Å². The van der Waals surface area contributed by atoms with Gasteiger partial charge in [0.15, 0.2) is 0 Å². The van der Waals surface area contributed by atoms with Crippen LogP contribution in [0.3, 0.4) is 0 Å². The summed E-state index contributed by atoms with van der Waals surface area (Å²) in [5, 5.41) is 11.8. The quantitative estimate of drug-likeness (QED) is 0.812. The van der Waals surface area contributed by atoms with Crippen molar-refractivity contribution >= 4 is 12.0 Å². The fraction of sp³-hybridized carbons (Fsp3) is 0.846. The first-order chi connectivity index (χ1) is 8.92. The summed E-state index contributed by atoms with van der Waals surface area (Å²) < 4.78 is 5.60. The first-order valence-electron chi connectivity index (χ1n) is 6.85. The van der Waals surface area contributed by atoms with Gasteiger partial charge in [0.05, 0.1) is 6.10 Å². The Balaban J connectivity index is 2.68. The number of hydrogen-bond acceptors (Lipinski definition) is 3. The number of carboxylic acid groups (broad SMARTS) is 1. The molecule has 0 aromatic carbocycles. The van der Waals surface area contributed by atoms with Crippen molar-refractivity contribution in [1.82, 2.24) is 10.2 Å². The van der Waals surface area contributed by atoms with Gasteiger partial charge in [0, 0.05) is 19.7 Å². The van der Waals surface area contributed by atoms with E-state index >= 15 is 0 Å². The summed E-state index contributed by atoms with van der Waals surface area (Å²) in [4.78, 5) is 25.0. The number of aliphatic carboxylic acids is 1. The average molecular weight is 272 g/mol. The monoisotopic (exact) mass is 272 g/mol. The third-order valence-electron chi connectivity index (χ3n) is 3.65. The number of nitrogens with zero attached hydrogens (tertiary/aromatic N) is 1. The van der Waals surface area contributed by atoms with Gasteiger partial charge in [0.1, 0.15) is 5.54 Å². The highest BCUT2D eigenvalue weighted by Gasteiger charge is 2.34. The number of urea groups is 1. The molecule has 1 aliphatic rings. The summed E-state index contributed by atoms with van der Waals surface area (Å²) in [6, 6.07) is -0.323. The molecular formula is C13H24N2O4. The first-order valence-corrected chi connectivity index (χ1v) is 6.85. The minimum atomic E-state index is -1.22. The van der Waals surface area contributed by atoms with Crippen LogP contribution in [-0.4, -0.2) is 53.3 Å². The van der Waals surface area contributed by atoms with Crippen molar-refractivity contribution in [2.24, 2.45) is 0 Å². The zero-order chi connectivity index (χ0) is 14.5. The van der Waals surface area contributed by atoms with Gasteiger partial charge in [-0.15, -0.1) is 0 Å². The second-order valence-electron chi connectivity index (χ2n) is 5.12. The van der Waals surface area contributed by atoms with Crippen molar-refractivity contribution in [2.75, 3.05) is 19.7 Å². The van der Waals surface area contributed by atoms with Gasteiger partial charge >= 0.3 is 12.0 Å². The number of nitrogens with one attached hydrogen (secondary N) is 1. The average Bonchev–Trinajstić information content (AvgIpc) is 2.63. The molecule has 2 unspecified atom stereocenters. The zero-order valence-corrected chi connectivity index (χ0v) is 11.9. The van der Waals surface area contributed by atoms with Crippen LogP contribution in [0.1, 0.15) is 40.0 Å². The number of amides is 2. The van der Waals surface area contributed by atoms with Crippen molar-refractivity contribution in [3.8, 4) is 0 Å². The SMILES string of the molecule is CCC1CN(C(=O)NC(C)(CC)C(=O)O)CCCO1. The highest BCUT2D eigenvalue weighted by molar-refractivity contribution is 5.85. The van der Waals surface area contributed by atoms with Gasteiger partial charge in [-0.1, -0.05) is 13.8 Å². The predicted molar refractivity (Wildman–Crippen MR) is 71.1 cm³/mol. The molecule has 0 saturated carbocycles. The third-order valence-corrected chi connectivity index (χ3v) is 3.65. The molecule has 1 fully saturated rings.